The monoisotopic (exact) mass is 694 g/mol. The smallest absolute Gasteiger partial charge is 0.522 e. The zero-order valence-electron chi connectivity index (χ0n) is 21.9. The van der Waals surface area contributed by atoms with E-state index in [9.17, 15) is 9.69 Å². The number of aromatic amines is 3. The van der Waals surface area contributed by atoms with Crippen molar-refractivity contribution in [3.8, 4) is 0 Å². The minimum Gasteiger partial charge on any atom is -0.780 e. The average Bonchev–Trinajstić information content (AvgIpc) is 3.72. The summed E-state index contributed by atoms with van der Waals surface area (Å²) in [7, 11) is -2.25. The number of nitrogens with one attached hydrogen (secondary N) is 3. The number of H-pyrrole nitrogens is 3. The first kappa shape index (κ1) is 29.9. The number of alkyl halides is 2. The van der Waals surface area contributed by atoms with Crippen LogP contribution in [0.15, 0.2) is 23.8 Å². The highest BCUT2D eigenvalue weighted by atomic mass is 32.5. The van der Waals surface area contributed by atoms with Gasteiger partial charge in [-0.3, -0.25) is 19.7 Å². The molecule has 0 amide bonds. The maximum atomic E-state index is 15.9. The van der Waals surface area contributed by atoms with Crippen LogP contribution in [0.4, 0.5) is 20.5 Å². The van der Waals surface area contributed by atoms with Crippen LogP contribution in [0.5, 0.6) is 0 Å². The molecule has 3 aliphatic rings. The maximum absolute atomic E-state index is 15.9. The van der Waals surface area contributed by atoms with Crippen LogP contribution in [0.2, 0.25) is 0 Å². The fourth-order valence-corrected chi connectivity index (χ4v) is 7.90. The Morgan fingerprint density at radius 3 is 2.55 bits per heavy atom. The molecule has 7 heterocycles. The molecule has 44 heavy (non-hydrogen) atoms. The molecule has 24 heteroatoms. The molecular weight excluding hydrogens is 672 g/mol. The molecule has 7 rings (SSSR count). The number of halogens is 2. The van der Waals surface area contributed by atoms with E-state index in [4.69, 9.17) is 62.6 Å². The molecule has 234 valence electrons. The average molecular weight is 695 g/mol. The number of hydrogen-bond donors (Lipinski definition) is 5. The summed E-state index contributed by atoms with van der Waals surface area (Å²) in [5, 5.41) is 0. The molecule has 0 aromatic carbocycles. The quantitative estimate of drug-likeness (QED) is 0.120. The van der Waals surface area contributed by atoms with E-state index >= 15 is 8.78 Å². The van der Waals surface area contributed by atoms with E-state index in [0.717, 1.165) is 0 Å². The zero-order valence-corrected chi connectivity index (χ0v) is 25.3. The lowest BCUT2D eigenvalue weighted by Gasteiger charge is -2.32. The van der Waals surface area contributed by atoms with E-state index < -0.39 is 81.9 Å². The summed E-state index contributed by atoms with van der Waals surface area (Å²) in [5.41, 5.74) is 11.6. The first-order valence-electron chi connectivity index (χ1n) is 12.8. The van der Waals surface area contributed by atoms with Crippen molar-refractivity contribution in [1.82, 2.24) is 29.9 Å². The number of rotatable bonds is 2. The largest absolute Gasteiger partial charge is 0.780 e. The van der Waals surface area contributed by atoms with E-state index in [0.29, 0.717) is 5.52 Å². The van der Waals surface area contributed by atoms with Gasteiger partial charge in [-0.05, 0) is 0 Å². The molecule has 2 bridgehead atoms. The summed E-state index contributed by atoms with van der Waals surface area (Å²) in [5.74, 6) is -0.0808. The van der Waals surface area contributed by atoms with Gasteiger partial charge in [0.2, 0.25) is 35.3 Å². The molecule has 4 aromatic heterocycles. The third-order valence-electron chi connectivity index (χ3n) is 7.24. The molecule has 3 aliphatic heterocycles. The second kappa shape index (κ2) is 11.2. The predicted octanol–water partition coefficient (Wildman–Crippen LogP) is -1.39. The standard InChI is InChI=1S/C20H20F2N10O8P2S2/c21-8-6-1-35-41(43)39-12-7(38-18(9(12)22)31-4-27-10-14(23)25-3-26-15(10)31)2-36-42(34,44)40-13(8)19(37-6)32-5-28-11-16(32)29-20(24)30-17(11)33/h3-9,12-13,18-19H,1-2H2,(H5-,23,24,25,26,29,30,33,34,44)/p+2/t6-,7-,8-,9+,12-,13-,18-,19-,42?/m1/s1. The number of nitrogen functional groups attached to an aromatic ring is 2. The Balaban J connectivity index is 1.18. The van der Waals surface area contributed by atoms with Crippen molar-refractivity contribution in [2.45, 2.75) is 49.2 Å². The molecule has 0 aliphatic carbocycles. The van der Waals surface area contributed by atoms with Crippen LogP contribution in [0.25, 0.3) is 22.3 Å². The lowest BCUT2D eigenvalue weighted by molar-refractivity contribution is -0.744. The van der Waals surface area contributed by atoms with E-state index in [-0.39, 0.29) is 28.6 Å². The van der Waals surface area contributed by atoms with E-state index in [1.54, 1.807) is 0 Å². The molecule has 3 fully saturated rings. The van der Waals surface area contributed by atoms with Crippen LogP contribution in [0, 0.1) is 0 Å². The van der Waals surface area contributed by atoms with Gasteiger partial charge < -0.3 is 34.9 Å². The Labute approximate surface area is 254 Å². The zero-order chi connectivity index (χ0) is 30.9. The molecule has 18 nitrogen and oxygen atoms in total. The summed E-state index contributed by atoms with van der Waals surface area (Å²) >= 11 is 10.4. The van der Waals surface area contributed by atoms with Gasteiger partial charge in [-0.15, -0.1) is 9.05 Å². The van der Waals surface area contributed by atoms with Crippen LogP contribution in [0.1, 0.15) is 12.5 Å². The van der Waals surface area contributed by atoms with E-state index in [1.165, 1.54) is 28.1 Å². The summed E-state index contributed by atoms with van der Waals surface area (Å²) in [6.45, 7) is -5.56. The van der Waals surface area contributed by atoms with Crippen LogP contribution < -0.4 is 31.1 Å². The lowest BCUT2D eigenvalue weighted by Crippen LogP contribution is -2.46. The van der Waals surface area contributed by atoms with Crippen molar-refractivity contribution in [2.75, 3.05) is 24.7 Å². The number of anilines is 2. The predicted molar refractivity (Wildman–Crippen MR) is 148 cm³/mol. The molecule has 4 aromatic rings. The summed E-state index contributed by atoms with van der Waals surface area (Å²) in [4.78, 5) is 45.7. The highest BCUT2D eigenvalue weighted by molar-refractivity contribution is 8.06. The van der Waals surface area contributed by atoms with Crippen LogP contribution in [0.3, 0.4) is 0 Å². The SMILES string of the molecule is Nc1nc2c([nH]c[n+]2[C@@H]2O[C@@H]3CO[P+](=S)O[C@H]4[C@H](F)[C@H]([n+]5c[nH]c6c(N)ncnc65)O[C@@H]4COP([O-])(=S)O[C@@H]2[C@@H]3F)c(=O)[nH]1. The second-order valence-corrected chi connectivity index (χ2v) is 14.4. The van der Waals surface area contributed by atoms with Crippen LogP contribution in [-0.4, -0.2) is 79.9 Å². The number of aromatic nitrogens is 8. The van der Waals surface area contributed by atoms with E-state index in [2.05, 4.69) is 29.9 Å². The molecule has 2 unspecified atom stereocenters. The highest BCUT2D eigenvalue weighted by Gasteiger charge is 2.55. The first-order chi connectivity index (χ1) is 21.0. The van der Waals surface area contributed by atoms with Crippen molar-refractivity contribution in [2.24, 2.45) is 0 Å². The normalized spacial score (nSPS) is 35.8. The molecule has 10 atom stereocenters. The lowest BCUT2D eigenvalue weighted by atomic mass is 10.1. The Morgan fingerprint density at radius 2 is 1.75 bits per heavy atom. The fourth-order valence-electron chi connectivity index (χ4n) is 5.25. The number of hydrogen-bond acceptors (Lipinski definition) is 15. The summed E-state index contributed by atoms with van der Waals surface area (Å²) < 4.78 is 68.4. The maximum Gasteiger partial charge on any atom is 0.522 e. The Hall–Kier alpha value is -2.75. The molecular formula is C20H22F2N10O8P2S2+2. The molecule has 7 N–H and O–H groups in total. The van der Waals surface area contributed by atoms with Crippen molar-refractivity contribution < 1.29 is 50.4 Å². The topological polar surface area (TPSA) is 241 Å². The molecule has 0 saturated carbocycles. The fraction of sp³-hybridized carbons (Fsp3) is 0.500. The van der Waals surface area contributed by atoms with Crippen molar-refractivity contribution in [3.05, 3.63) is 29.3 Å². The number of nitrogens with zero attached hydrogens (tertiary/aromatic N) is 5. The number of ether oxygens (including phenoxy) is 2. The number of imidazole rings is 2. The third-order valence-corrected chi connectivity index (χ3v) is 10.1. The summed E-state index contributed by atoms with van der Waals surface area (Å²) in [6, 6.07) is 0. The second-order valence-electron chi connectivity index (χ2n) is 9.89. The highest BCUT2D eigenvalue weighted by Crippen LogP contribution is 2.48. The van der Waals surface area contributed by atoms with Gasteiger partial charge in [0.1, 0.15) is 25.5 Å². The van der Waals surface area contributed by atoms with Gasteiger partial charge in [0, 0.05) is 0 Å². The minimum atomic E-state index is -4.51. The summed E-state index contributed by atoms with van der Waals surface area (Å²) in [6.07, 6.45) is -8.18. The van der Waals surface area contributed by atoms with Gasteiger partial charge in [0.15, 0.2) is 49.4 Å². The Bertz CT molecular complexity index is 1880. The Morgan fingerprint density at radius 1 is 1.02 bits per heavy atom. The van der Waals surface area contributed by atoms with Gasteiger partial charge in [0.05, 0.1) is 6.61 Å². The number of fused-ring (bicyclic) bond motifs is 5. The van der Waals surface area contributed by atoms with Gasteiger partial charge in [0.25, 0.3) is 11.5 Å². The number of nitrogens with two attached hydrogens (primary N) is 2. The minimum absolute atomic E-state index is 0.00209. The first-order valence-corrected chi connectivity index (χ1v) is 17.5. The van der Waals surface area contributed by atoms with Crippen molar-refractivity contribution in [1.29, 1.82) is 0 Å². The Kier molecular flexibility index (Phi) is 7.65. The third kappa shape index (κ3) is 5.18. The van der Waals surface area contributed by atoms with Crippen LogP contribution >= 0.6 is 13.9 Å². The van der Waals surface area contributed by atoms with E-state index in [1.807, 2.05) is 0 Å². The molecule has 3 saturated heterocycles. The van der Waals surface area contributed by atoms with Gasteiger partial charge in [-0.25, -0.2) is 17.9 Å². The molecule has 0 radical (unpaired) electrons. The van der Waals surface area contributed by atoms with Gasteiger partial charge in [-0.2, -0.15) is 4.98 Å². The van der Waals surface area contributed by atoms with Gasteiger partial charge >= 0.3 is 18.4 Å². The van der Waals surface area contributed by atoms with Crippen LogP contribution in [-0.2, 0) is 51.2 Å². The van der Waals surface area contributed by atoms with Crippen molar-refractivity contribution in [3.63, 3.8) is 0 Å². The molecule has 0 spiro atoms. The van der Waals surface area contributed by atoms with Crippen molar-refractivity contribution >= 4 is 71.6 Å². The van der Waals surface area contributed by atoms with Gasteiger partial charge in [-0.1, -0.05) is 21.8 Å².